The molecule has 1 aromatic heterocycles. The van der Waals surface area contributed by atoms with Crippen LogP contribution in [0, 0.1) is 0 Å². The van der Waals surface area contributed by atoms with Crippen LogP contribution in [0.5, 0.6) is 0 Å². The largest absolute Gasteiger partial charge is 0.364 e. The van der Waals surface area contributed by atoms with E-state index in [1.807, 2.05) is 11.8 Å². The summed E-state index contributed by atoms with van der Waals surface area (Å²) in [5.74, 6) is 0.487. The van der Waals surface area contributed by atoms with Crippen LogP contribution in [0.3, 0.4) is 0 Å². The topological polar surface area (TPSA) is 46.9 Å². The zero-order chi connectivity index (χ0) is 12.3. The highest BCUT2D eigenvalue weighted by molar-refractivity contribution is 8.00. The van der Waals surface area contributed by atoms with Crippen molar-refractivity contribution >= 4 is 17.6 Å². The zero-order valence-electron chi connectivity index (χ0n) is 10.4. The summed E-state index contributed by atoms with van der Waals surface area (Å²) in [5, 5.41) is 3.20. The first-order valence-corrected chi connectivity index (χ1v) is 7.28. The van der Waals surface area contributed by atoms with E-state index in [0.29, 0.717) is 10.6 Å². The van der Waals surface area contributed by atoms with Crippen LogP contribution in [0.15, 0.2) is 17.2 Å². The molecule has 1 aromatic rings. The predicted molar refractivity (Wildman–Crippen MR) is 72.8 cm³/mol. The van der Waals surface area contributed by atoms with E-state index in [1.165, 1.54) is 12.8 Å². The van der Waals surface area contributed by atoms with E-state index in [1.54, 1.807) is 17.0 Å². The Labute approximate surface area is 106 Å². The molecule has 4 nitrogen and oxygen atoms in total. The quantitative estimate of drug-likeness (QED) is 0.842. The van der Waals surface area contributed by atoms with Gasteiger partial charge in [0.05, 0.1) is 0 Å². The van der Waals surface area contributed by atoms with E-state index in [4.69, 9.17) is 0 Å². The number of hydrogen-bond acceptors (Lipinski definition) is 4. The van der Waals surface area contributed by atoms with Crippen molar-refractivity contribution in [1.82, 2.24) is 9.55 Å². The molecular formula is C12H19N3OS. The number of nitrogens with one attached hydrogen (secondary N) is 1. The molecule has 0 unspecified atom stereocenters. The van der Waals surface area contributed by atoms with Crippen molar-refractivity contribution in [3.63, 3.8) is 0 Å². The maximum Gasteiger partial charge on any atom is 0.293 e. The number of nitrogens with zero attached hydrogens (tertiary/aromatic N) is 2. The Hall–Kier alpha value is -0.970. The van der Waals surface area contributed by atoms with Crippen LogP contribution in [0.2, 0.25) is 0 Å². The first-order valence-electron chi connectivity index (χ1n) is 6.05. The van der Waals surface area contributed by atoms with Crippen LogP contribution in [0.25, 0.3) is 0 Å². The van der Waals surface area contributed by atoms with Gasteiger partial charge in [-0.25, -0.2) is 4.98 Å². The Morgan fingerprint density at radius 2 is 2.35 bits per heavy atom. The monoisotopic (exact) mass is 253 g/mol. The van der Waals surface area contributed by atoms with Crippen LogP contribution < -0.4 is 10.9 Å². The maximum atomic E-state index is 12.0. The van der Waals surface area contributed by atoms with Gasteiger partial charge in [-0.1, -0.05) is 6.92 Å². The molecule has 1 saturated carbocycles. The third-order valence-corrected chi connectivity index (χ3v) is 4.62. The lowest BCUT2D eigenvalue weighted by atomic mass is 10.4. The normalized spacial score (nSPS) is 16.8. The van der Waals surface area contributed by atoms with Crippen LogP contribution >= 0.6 is 11.8 Å². The van der Waals surface area contributed by atoms with Crippen molar-refractivity contribution in [2.75, 3.05) is 18.1 Å². The Bertz CT molecular complexity index is 440. The van der Waals surface area contributed by atoms with Gasteiger partial charge >= 0.3 is 0 Å². The lowest BCUT2D eigenvalue weighted by Gasteiger charge is -2.13. The van der Waals surface area contributed by atoms with E-state index < -0.39 is 0 Å². The number of aryl methyl sites for hydroxylation is 1. The van der Waals surface area contributed by atoms with Crippen molar-refractivity contribution in [2.45, 2.75) is 37.5 Å². The highest BCUT2D eigenvalue weighted by atomic mass is 32.2. The van der Waals surface area contributed by atoms with E-state index in [9.17, 15) is 4.79 Å². The second-order valence-electron chi connectivity index (χ2n) is 4.52. The second kappa shape index (κ2) is 5.12. The summed E-state index contributed by atoms with van der Waals surface area (Å²) in [4.78, 5) is 16.1. The summed E-state index contributed by atoms with van der Waals surface area (Å²) in [6.07, 6.45) is 8.99. The third kappa shape index (κ3) is 2.83. The second-order valence-corrected chi connectivity index (χ2v) is 5.79. The molecule has 0 radical (unpaired) electrons. The predicted octanol–water partition coefficient (Wildman–Crippen LogP) is 1.96. The summed E-state index contributed by atoms with van der Waals surface area (Å²) in [7, 11) is 0. The molecule has 94 valence electrons. The summed E-state index contributed by atoms with van der Waals surface area (Å²) < 4.78 is 2.06. The highest BCUT2D eigenvalue weighted by Gasteiger charge is 2.41. The van der Waals surface area contributed by atoms with E-state index in [2.05, 4.69) is 23.5 Å². The molecule has 0 aromatic carbocycles. The molecule has 0 bridgehead atoms. The molecule has 1 aliphatic rings. The Morgan fingerprint density at radius 3 is 2.94 bits per heavy atom. The Balaban J connectivity index is 2.05. The van der Waals surface area contributed by atoms with Gasteiger partial charge in [0.15, 0.2) is 5.82 Å². The van der Waals surface area contributed by atoms with Gasteiger partial charge in [-0.3, -0.25) is 4.79 Å². The fourth-order valence-electron chi connectivity index (χ4n) is 1.82. The number of thioether (sulfide) groups is 1. The highest BCUT2D eigenvalue weighted by Crippen LogP contribution is 2.46. The summed E-state index contributed by atoms with van der Waals surface area (Å²) >= 11 is 1.88. The average Bonchev–Trinajstić information content (AvgIpc) is 3.11. The average molecular weight is 253 g/mol. The minimum atomic E-state index is -0.00810. The summed E-state index contributed by atoms with van der Waals surface area (Å²) in [6.45, 7) is 3.66. The Morgan fingerprint density at radius 1 is 1.59 bits per heavy atom. The number of rotatable bonds is 6. The standard InChI is InChI=1S/C12H19N3OS/c1-3-7-15-8-6-13-10(11(15)16)14-9-12(17-2)4-5-12/h6,8H,3-5,7,9H2,1-2H3,(H,13,14). The maximum absolute atomic E-state index is 12.0. The van der Waals surface area contributed by atoms with Crippen LogP contribution in [-0.2, 0) is 6.54 Å². The van der Waals surface area contributed by atoms with Crippen LogP contribution in [0.4, 0.5) is 5.82 Å². The van der Waals surface area contributed by atoms with E-state index in [-0.39, 0.29) is 5.56 Å². The van der Waals surface area contributed by atoms with Crippen molar-refractivity contribution in [1.29, 1.82) is 0 Å². The molecule has 0 aliphatic heterocycles. The molecule has 5 heteroatoms. The molecule has 2 rings (SSSR count). The fraction of sp³-hybridized carbons (Fsp3) is 0.667. The molecule has 1 N–H and O–H groups in total. The summed E-state index contributed by atoms with van der Waals surface area (Å²) in [5.41, 5.74) is -0.00810. The number of anilines is 1. The lowest BCUT2D eigenvalue weighted by molar-refractivity contribution is 0.649. The molecule has 0 amide bonds. The molecular weight excluding hydrogens is 234 g/mol. The van der Waals surface area contributed by atoms with Gasteiger partial charge in [0.25, 0.3) is 5.56 Å². The zero-order valence-corrected chi connectivity index (χ0v) is 11.2. The van der Waals surface area contributed by atoms with Gasteiger partial charge in [-0.05, 0) is 25.5 Å². The smallest absolute Gasteiger partial charge is 0.293 e. The molecule has 0 spiro atoms. The van der Waals surface area contributed by atoms with Gasteiger partial charge in [-0.15, -0.1) is 0 Å². The Kier molecular flexibility index (Phi) is 3.76. The lowest BCUT2D eigenvalue weighted by Crippen LogP contribution is -2.27. The van der Waals surface area contributed by atoms with Crippen molar-refractivity contribution in [3.8, 4) is 0 Å². The van der Waals surface area contributed by atoms with Gasteiger partial charge in [0.1, 0.15) is 0 Å². The van der Waals surface area contributed by atoms with Crippen molar-refractivity contribution in [2.24, 2.45) is 0 Å². The first-order chi connectivity index (χ1) is 8.21. The molecule has 0 atom stereocenters. The number of hydrogen-bond donors (Lipinski definition) is 1. The molecule has 1 heterocycles. The van der Waals surface area contributed by atoms with E-state index >= 15 is 0 Å². The number of aromatic nitrogens is 2. The molecule has 1 fully saturated rings. The molecule has 17 heavy (non-hydrogen) atoms. The molecule has 0 saturated heterocycles. The van der Waals surface area contributed by atoms with E-state index in [0.717, 1.165) is 19.5 Å². The summed E-state index contributed by atoms with van der Waals surface area (Å²) in [6, 6.07) is 0. The van der Waals surface area contributed by atoms with Gasteiger partial charge in [-0.2, -0.15) is 11.8 Å². The molecule has 1 aliphatic carbocycles. The van der Waals surface area contributed by atoms with Crippen LogP contribution in [-0.4, -0.2) is 27.1 Å². The van der Waals surface area contributed by atoms with Crippen molar-refractivity contribution < 1.29 is 0 Å². The van der Waals surface area contributed by atoms with Crippen LogP contribution in [0.1, 0.15) is 26.2 Å². The van der Waals surface area contributed by atoms with Gasteiger partial charge in [0.2, 0.25) is 0 Å². The van der Waals surface area contributed by atoms with Gasteiger partial charge in [0, 0.05) is 30.2 Å². The third-order valence-electron chi connectivity index (χ3n) is 3.20. The first kappa shape index (κ1) is 12.5. The fourth-order valence-corrected chi connectivity index (χ4v) is 2.55. The minimum Gasteiger partial charge on any atom is -0.364 e. The van der Waals surface area contributed by atoms with Gasteiger partial charge < -0.3 is 9.88 Å². The van der Waals surface area contributed by atoms with Crippen molar-refractivity contribution in [3.05, 3.63) is 22.7 Å². The SMILES string of the molecule is CCCn1ccnc(NCC2(SC)CC2)c1=O. The minimum absolute atomic E-state index is 0.00810.